The SMILES string of the molecule is C.C.CCCCN(C)Cc1cn[nH]c1-c1cc(OCCCO)cc(C(C)(F)F)c1.CCCCN(C)Cc1cn[nH]c1-c1cc(OCCOC)cc(C(C)COCC)c1.CCCCN(C)Cc1cn[nH]c1-c1ccc(OC2CC(OCC(C)C)C2)cc1. The molecule has 1 unspecified atom stereocenters. The highest BCUT2D eigenvalue weighted by atomic mass is 19.3. The zero-order valence-corrected chi connectivity index (χ0v) is 52.7. The van der Waals surface area contributed by atoms with Crippen molar-refractivity contribution in [3.05, 3.63) is 107 Å². The number of methoxy groups -OCH3 is 1. The van der Waals surface area contributed by atoms with Crippen LogP contribution in [0.25, 0.3) is 33.8 Å². The summed E-state index contributed by atoms with van der Waals surface area (Å²) < 4.78 is 62.1. The molecule has 0 bridgehead atoms. The number of aliphatic hydroxyl groups is 1. The maximum atomic E-state index is 14.0. The lowest BCUT2D eigenvalue weighted by molar-refractivity contribution is -0.0682. The first kappa shape index (κ1) is 74.5. The third-order valence-corrected chi connectivity index (χ3v) is 14.5. The first-order valence-electron chi connectivity index (χ1n) is 30.6. The number of halogens is 2. The van der Waals surface area contributed by atoms with E-state index in [1.807, 2.05) is 26.4 Å². The summed E-state index contributed by atoms with van der Waals surface area (Å²) in [7, 11) is 8.04. The number of hydrogen-bond donors (Lipinski definition) is 4. The van der Waals surface area contributed by atoms with Gasteiger partial charge in [0, 0.05) is 118 Å². The second-order valence-electron chi connectivity index (χ2n) is 22.9. The zero-order chi connectivity index (χ0) is 60.9. The number of alkyl halides is 2. The molecule has 1 aliphatic rings. The van der Waals surface area contributed by atoms with E-state index in [2.05, 4.69) is 143 Å². The predicted molar refractivity (Wildman–Crippen MR) is 347 cm³/mol. The molecule has 86 heavy (non-hydrogen) atoms. The normalized spacial score (nSPS) is 14.2. The molecular formula is C68H109F2N9O7. The topological polar surface area (TPSA) is 171 Å². The molecule has 6 aromatic rings. The molecule has 3 heterocycles. The number of benzene rings is 3. The molecule has 0 aliphatic heterocycles. The van der Waals surface area contributed by atoms with Crippen LogP contribution in [0.4, 0.5) is 8.78 Å². The molecule has 3 aromatic carbocycles. The standard InChI is InChI=1S/C23H37N3O3.C23H35N3O2.C20H29F2N3O2.2CH4/c1-6-8-9-26(4)16-21-15-24-25-23(21)20-12-19(18(3)17-28-7-2)13-22(14-20)29-11-10-27-5;1-5-6-11-26(4)15-19-14-24-25-23(19)18-7-9-20(10-8-18)28-22-12-21(13-22)27-16-17(2)3;1-4-5-7-25(3)14-16-13-23-24-19(16)15-10-17(20(2,21)22)12-18(11-15)27-9-6-8-26;;/h12-15,18H,6-11,16-17H2,1-5H3,(H,24,25);7-10,14,17,21-22H,5-6,11-13,15-16H2,1-4H3,(H,24,25);10-13,26H,4-9,14H2,1-3H3,(H,23,24);2*1H4. The smallest absolute Gasteiger partial charge is 0.270 e. The Bertz CT molecular complexity index is 2720. The Morgan fingerprint density at radius 2 is 1.09 bits per heavy atom. The number of H-pyrrole nitrogens is 3. The van der Waals surface area contributed by atoms with Crippen molar-refractivity contribution < 1.29 is 42.3 Å². The molecule has 0 saturated heterocycles. The third kappa shape index (κ3) is 25.5. The predicted octanol–water partition coefficient (Wildman–Crippen LogP) is 14.8. The molecule has 16 nitrogen and oxygen atoms in total. The maximum absolute atomic E-state index is 14.0. The van der Waals surface area contributed by atoms with Crippen molar-refractivity contribution in [2.24, 2.45) is 5.92 Å². The van der Waals surface area contributed by atoms with Gasteiger partial charge in [-0.2, -0.15) is 15.3 Å². The van der Waals surface area contributed by atoms with Gasteiger partial charge >= 0.3 is 0 Å². The van der Waals surface area contributed by atoms with Crippen molar-refractivity contribution in [1.82, 2.24) is 45.3 Å². The molecule has 4 N–H and O–H groups in total. The molecule has 482 valence electrons. The van der Waals surface area contributed by atoms with Crippen LogP contribution in [0.1, 0.15) is 162 Å². The van der Waals surface area contributed by atoms with E-state index in [9.17, 15) is 8.78 Å². The van der Waals surface area contributed by atoms with Gasteiger partial charge in [-0.3, -0.25) is 15.3 Å². The van der Waals surface area contributed by atoms with Gasteiger partial charge in [0.1, 0.15) is 30.0 Å². The van der Waals surface area contributed by atoms with E-state index < -0.39 is 5.92 Å². The number of unbranched alkanes of at least 4 members (excludes halogenated alkanes) is 3. The summed E-state index contributed by atoms with van der Waals surface area (Å²) in [6.45, 7) is 25.2. The molecule has 1 saturated carbocycles. The number of rotatable bonds is 36. The van der Waals surface area contributed by atoms with Crippen LogP contribution >= 0.6 is 0 Å². The van der Waals surface area contributed by atoms with Crippen LogP contribution in [0.3, 0.4) is 0 Å². The fourth-order valence-corrected chi connectivity index (χ4v) is 9.51. The first-order valence-corrected chi connectivity index (χ1v) is 30.6. The van der Waals surface area contributed by atoms with Crippen LogP contribution in [0.5, 0.6) is 17.2 Å². The zero-order valence-electron chi connectivity index (χ0n) is 52.7. The Labute approximate surface area is 515 Å². The number of ether oxygens (including phenoxy) is 6. The van der Waals surface area contributed by atoms with Crippen LogP contribution in [0.15, 0.2) is 79.3 Å². The summed E-state index contributed by atoms with van der Waals surface area (Å²) in [5.74, 6) is 0.0142. The molecule has 0 radical (unpaired) electrons. The van der Waals surface area contributed by atoms with Gasteiger partial charge in [0.25, 0.3) is 5.92 Å². The molecule has 1 fully saturated rings. The Morgan fingerprint density at radius 3 is 1.56 bits per heavy atom. The minimum absolute atomic E-state index is 0. The van der Waals surface area contributed by atoms with Gasteiger partial charge in [0.2, 0.25) is 0 Å². The van der Waals surface area contributed by atoms with E-state index in [1.54, 1.807) is 19.4 Å². The Kier molecular flexibility index (Phi) is 34.6. The van der Waals surface area contributed by atoms with Crippen LogP contribution in [-0.4, -0.2) is 157 Å². The average molecular weight is 1200 g/mol. The number of hydrogen-bond acceptors (Lipinski definition) is 13. The quantitative estimate of drug-likeness (QED) is 0.0274. The largest absolute Gasteiger partial charge is 0.493 e. The number of nitrogens with one attached hydrogen (secondary N) is 3. The van der Waals surface area contributed by atoms with Gasteiger partial charge in [-0.1, -0.05) is 75.7 Å². The Morgan fingerprint density at radius 1 is 0.605 bits per heavy atom. The van der Waals surface area contributed by atoms with Gasteiger partial charge in [0.05, 0.1) is 61.6 Å². The highest BCUT2D eigenvalue weighted by Crippen LogP contribution is 2.36. The summed E-state index contributed by atoms with van der Waals surface area (Å²) >= 11 is 0. The molecular weight excluding hydrogens is 1090 g/mol. The second kappa shape index (κ2) is 39.9. The summed E-state index contributed by atoms with van der Waals surface area (Å²) in [6.07, 6.45) is 15.7. The van der Waals surface area contributed by atoms with E-state index in [4.69, 9.17) is 33.5 Å². The van der Waals surface area contributed by atoms with Crippen molar-refractivity contribution >= 4 is 0 Å². The van der Waals surface area contributed by atoms with Crippen molar-refractivity contribution in [3.63, 3.8) is 0 Å². The molecule has 1 aliphatic carbocycles. The minimum Gasteiger partial charge on any atom is -0.493 e. The van der Waals surface area contributed by atoms with E-state index in [-0.39, 0.29) is 45.7 Å². The lowest BCUT2D eigenvalue weighted by atomic mass is 9.91. The van der Waals surface area contributed by atoms with Gasteiger partial charge in [0.15, 0.2) is 0 Å². The Hall–Kier alpha value is -5.73. The number of aromatic amines is 3. The van der Waals surface area contributed by atoms with Crippen LogP contribution in [-0.2, 0) is 39.8 Å². The van der Waals surface area contributed by atoms with Crippen molar-refractivity contribution in [1.29, 1.82) is 0 Å². The molecule has 0 spiro atoms. The highest BCUT2D eigenvalue weighted by Gasteiger charge is 2.32. The molecule has 1 atom stereocenters. The lowest BCUT2D eigenvalue weighted by Crippen LogP contribution is -2.40. The summed E-state index contributed by atoms with van der Waals surface area (Å²) in [6, 6.07) is 19.3. The maximum Gasteiger partial charge on any atom is 0.270 e. The fraction of sp³-hybridized carbons (Fsp3) is 0.603. The number of aliphatic hydroxyl groups excluding tert-OH is 1. The molecule has 18 heteroatoms. The fourth-order valence-electron chi connectivity index (χ4n) is 9.51. The molecule has 7 rings (SSSR count). The van der Waals surface area contributed by atoms with Gasteiger partial charge in [-0.15, -0.1) is 0 Å². The monoisotopic (exact) mass is 1200 g/mol. The second-order valence-corrected chi connectivity index (χ2v) is 22.9. The number of aromatic nitrogens is 6. The van der Waals surface area contributed by atoms with Crippen LogP contribution in [0.2, 0.25) is 0 Å². The lowest BCUT2D eigenvalue weighted by Gasteiger charge is -2.35. The first-order chi connectivity index (χ1) is 40.5. The van der Waals surface area contributed by atoms with E-state index in [1.165, 1.54) is 54.5 Å². The van der Waals surface area contributed by atoms with Crippen LogP contribution < -0.4 is 14.2 Å². The van der Waals surface area contributed by atoms with Crippen molar-refractivity contribution in [2.45, 2.75) is 172 Å². The highest BCUT2D eigenvalue weighted by molar-refractivity contribution is 5.67. The average Bonchev–Trinajstić information content (AvgIpc) is 3.03. The summed E-state index contributed by atoms with van der Waals surface area (Å²) in [4.78, 5) is 6.88. The van der Waals surface area contributed by atoms with Gasteiger partial charge in [-0.05, 0) is 139 Å². The van der Waals surface area contributed by atoms with Gasteiger partial charge < -0.3 is 48.2 Å². The van der Waals surface area contributed by atoms with Crippen molar-refractivity contribution in [2.75, 3.05) is 94.1 Å². The van der Waals surface area contributed by atoms with Gasteiger partial charge in [-0.25, -0.2) is 8.78 Å². The summed E-state index contributed by atoms with van der Waals surface area (Å²) in [5.41, 5.74) is 10.2. The van der Waals surface area contributed by atoms with E-state index >= 15 is 0 Å². The van der Waals surface area contributed by atoms with E-state index in [0.29, 0.717) is 56.1 Å². The van der Waals surface area contributed by atoms with Crippen molar-refractivity contribution in [3.8, 4) is 51.0 Å². The Balaban J connectivity index is 0.000000334. The molecule has 3 aromatic heterocycles. The van der Waals surface area contributed by atoms with E-state index in [0.717, 1.165) is 124 Å². The summed E-state index contributed by atoms with van der Waals surface area (Å²) in [5, 5.41) is 30.9. The van der Waals surface area contributed by atoms with Crippen LogP contribution in [0, 0.1) is 5.92 Å². The minimum atomic E-state index is -2.98. The third-order valence-electron chi connectivity index (χ3n) is 14.5. The molecule has 0 amide bonds. The number of nitrogens with zero attached hydrogens (tertiary/aromatic N) is 6.